The van der Waals surface area contributed by atoms with Crippen LogP contribution in [0.5, 0.6) is 0 Å². The highest BCUT2D eigenvalue weighted by atomic mass is 35.5. The molecule has 5 nitrogen and oxygen atoms in total. The predicted molar refractivity (Wildman–Crippen MR) is 98.7 cm³/mol. The fraction of sp³-hybridized carbons (Fsp3) is 0.105. The fourth-order valence-electron chi connectivity index (χ4n) is 2.31. The molecule has 0 saturated carbocycles. The number of halogens is 1. The lowest BCUT2D eigenvalue weighted by atomic mass is 10.1. The van der Waals surface area contributed by atoms with Crippen LogP contribution in [0.1, 0.15) is 21.6 Å². The maximum absolute atomic E-state index is 12.5. The number of nitrogens with one attached hydrogen (secondary N) is 1. The van der Waals surface area contributed by atoms with Crippen LogP contribution < -0.4 is 10.7 Å². The van der Waals surface area contributed by atoms with Crippen LogP contribution >= 0.6 is 11.6 Å². The Morgan fingerprint density at radius 1 is 1.04 bits per heavy atom. The van der Waals surface area contributed by atoms with Gasteiger partial charge in [-0.15, -0.1) is 0 Å². The standard InChI is InChI=1S/C19H16ClN3O2/c1-12-3-6-15(11-13(12)2)21-19(25)18-17(24)9-10-23(22-18)16-7-4-14(20)5-8-16/h3-11H,1-2H3,(H,21,25). The first-order valence-electron chi connectivity index (χ1n) is 7.68. The van der Waals surface area contributed by atoms with Crippen LogP contribution in [0.4, 0.5) is 5.69 Å². The Morgan fingerprint density at radius 2 is 1.76 bits per heavy atom. The molecule has 2 aromatic carbocycles. The first-order chi connectivity index (χ1) is 11.9. The van der Waals surface area contributed by atoms with Gasteiger partial charge in [-0.3, -0.25) is 9.59 Å². The van der Waals surface area contributed by atoms with Crippen LogP contribution in [0, 0.1) is 13.8 Å². The maximum Gasteiger partial charge on any atom is 0.280 e. The van der Waals surface area contributed by atoms with E-state index in [0.717, 1.165) is 11.1 Å². The average molecular weight is 354 g/mol. The van der Waals surface area contributed by atoms with Crippen LogP contribution in [0.25, 0.3) is 5.69 Å². The van der Waals surface area contributed by atoms with Gasteiger partial charge in [0, 0.05) is 23.0 Å². The van der Waals surface area contributed by atoms with Crippen molar-refractivity contribution in [2.45, 2.75) is 13.8 Å². The number of carbonyl (C=O) groups is 1. The van der Waals surface area contributed by atoms with Crippen LogP contribution in [0.3, 0.4) is 0 Å². The van der Waals surface area contributed by atoms with Gasteiger partial charge >= 0.3 is 0 Å². The molecule has 0 aliphatic rings. The molecule has 1 amide bonds. The second kappa shape index (κ2) is 6.91. The quantitative estimate of drug-likeness (QED) is 0.779. The van der Waals surface area contributed by atoms with Gasteiger partial charge in [-0.2, -0.15) is 5.10 Å². The number of amides is 1. The van der Waals surface area contributed by atoms with Gasteiger partial charge in [0.1, 0.15) is 0 Å². The van der Waals surface area contributed by atoms with Crippen molar-refractivity contribution in [3.63, 3.8) is 0 Å². The Labute approximate surface area is 149 Å². The van der Waals surface area contributed by atoms with Gasteiger partial charge < -0.3 is 5.32 Å². The normalized spacial score (nSPS) is 10.5. The predicted octanol–water partition coefficient (Wildman–Crippen LogP) is 3.76. The molecule has 1 aromatic heterocycles. The Hall–Kier alpha value is -2.92. The number of carbonyl (C=O) groups excluding carboxylic acids is 1. The summed E-state index contributed by atoms with van der Waals surface area (Å²) in [4.78, 5) is 24.5. The van der Waals surface area contributed by atoms with E-state index < -0.39 is 11.3 Å². The summed E-state index contributed by atoms with van der Waals surface area (Å²) in [5, 5.41) is 7.47. The monoisotopic (exact) mass is 353 g/mol. The van der Waals surface area contributed by atoms with Crippen LogP contribution in [0.2, 0.25) is 5.02 Å². The third-order valence-corrected chi connectivity index (χ3v) is 4.13. The lowest BCUT2D eigenvalue weighted by Crippen LogP contribution is -2.25. The van der Waals surface area contributed by atoms with E-state index in [1.165, 1.54) is 16.9 Å². The van der Waals surface area contributed by atoms with Crippen molar-refractivity contribution in [2.75, 3.05) is 5.32 Å². The van der Waals surface area contributed by atoms with E-state index in [0.29, 0.717) is 16.4 Å². The van der Waals surface area contributed by atoms with Gasteiger partial charge in [-0.1, -0.05) is 17.7 Å². The topological polar surface area (TPSA) is 64.0 Å². The molecule has 0 radical (unpaired) electrons. The number of rotatable bonds is 3. The molecular weight excluding hydrogens is 338 g/mol. The summed E-state index contributed by atoms with van der Waals surface area (Å²) in [5.74, 6) is -0.545. The van der Waals surface area contributed by atoms with Crippen molar-refractivity contribution in [3.05, 3.63) is 86.8 Å². The van der Waals surface area contributed by atoms with E-state index in [9.17, 15) is 9.59 Å². The molecule has 6 heteroatoms. The number of nitrogens with zero attached hydrogens (tertiary/aromatic N) is 2. The number of benzene rings is 2. The smallest absolute Gasteiger partial charge is 0.280 e. The van der Waals surface area contributed by atoms with Crippen molar-refractivity contribution in [3.8, 4) is 5.69 Å². The van der Waals surface area contributed by atoms with E-state index in [-0.39, 0.29) is 5.69 Å². The van der Waals surface area contributed by atoms with Crippen LogP contribution in [-0.4, -0.2) is 15.7 Å². The zero-order valence-corrected chi connectivity index (χ0v) is 14.5. The summed E-state index contributed by atoms with van der Waals surface area (Å²) in [5.41, 5.74) is 2.89. The highest BCUT2D eigenvalue weighted by Crippen LogP contribution is 2.15. The van der Waals surface area contributed by atoms with Gasteiger partial charge in [-0.25, -0.2) is 4.68 Å². The first-order valence-corrected chi connectivity index (χ1v) is 8.06. The molecule has 0 aliphatic heterocycles. The van der Waals surface area contributed by atoms with Crippen LogP contribution in [-0.2, 0) is 0 Å². The first kappa shape index (κ1) is 16.9. The Morgan fingerprint density at radius 3 is 2.44 bits per heavy atom. The second-order valence-corrected chi connectivity index (χ2v) is 6.14. The summed E-state index contributed by atoms with van der Waals surface area (Å²) < 4.78 is 1.47. The van der Waals surface area contributed by atoms with Gasteiger partial charge in [0.15, 0.2) is 5.69 Å². The molecule has 0 bridgehead atoms. The number of aromatic nitrogens is 2. The minimum absolute atomic E-state index is 0.171. The highest BCUT2D eigenvalue weighted by molar-refractivity contribution is 6.30. The van der Waals surface area contributed by atoms with Crippen LogP contribution in [0.15, 0.2) is 59.5 Å². The van der Waals surface area contributed by atoms with Gasteiger partial charge in [0.2, 0.25) is 5.43 Å². The largest absolute Gasteiger partial charge is 0.320 e. The molecule has 1 N–H and O–H groups in total. The third kappa shape index (κ3) is 3.78. The van der Waals surface area contributed by atoms with Gasteiger partial charge in [0.05, 0.1) is 5.69 Å². The molecule has 0 spiro atoms. The summed E-state index contributed by atoms with van der Waals surface area (Å²) in [7, 11) is 0. The van der Waals surface area contributed by atoms with E-state index in [4.69, 9.17) is 11.6 Å². The Kier molecular flexibility index (Phi) is 4.67. The van der Waals surface area contributed by atoms with Crippen molar-refractivity contribution >= 4 is 23.2 Å². The molecule has 3 aromatic rings. The third-order valence-electron chi connectivity index (χ3n) is 3.88. The molecule has 25 heavy (non-hydrogen) atoms. The SMILES string of the molecule is Cc1ccc(NC(=O)c2nn(-c3ccc(Cl)cc3)ccc2=O)cc1C. The molecule has 3 rings (SSSR count). The molecule has 0 saturated heterocycles. The number of anilines is 1. The number of hydrogen-bond donors (Lipinski definition) is 1. The molecule has 0 unspecified atom stereocenters. The molecule has 1 heterocycles. The second-order valence-electron chi connectivity index (χ2n) is 5.70. The van der Waals surface area contributed by atoms with Gasteiger partial charge in [-0.05, 0) is 61.4 Å². The Balaban J connectivity index is 1.91. The summed E-state index contributed by atoms with van der Waals surface area (Å²) >= 11 is 5.88. The van der Waals surface area contributed by atoms with Gasteiger partial charge in [0.25, 0.3) is 5.91 Å². The lowest BCUT2D eigenvalue weighted by Gasteiger charge is -2.09. The minimum atomic E-state index is -0.545. The lowest BCUT2D eigenvalue weighted by molar-refractivity contribution is 0.101. The highest BCUT2D eigenvalue weighted by Gasteiger charge is 2.14. The zero-order chi connectivity index (χ0) is 18.0. The zero-order valence-electron chi connectivity index (χ0n) is 13.8. The molecular formula is C19H16ClN3O2. The number of hydrogen-bond acceptors (Lipinski definition) is 3. The molecule has 0 aliphatic carbocycles. The maximum atomic E-state index is 12.5. The molecule has 126 valence electrons. The molecule has 0 atom stereocenters. The van der Waals surface area contributed by atoms with E-state index in [2.05, 4.69) is 10.4 Å². The number of aryl methyl sites for hydroxylation is 2. The van der Waals surface area contributed by atoms with Crippen molar-refractivity contribution < 1.29 is 4.79 Å². The fourth-order valence-corrected chi connectivity index (χ4v) is 2.44. The average Bonchev–Trinajstić information content (AvgIpc) is 2.59. The van der Waals surface area contributed by atoms with Crippen molar-refractivity contribution in [1.82, 2.24) is 9.78 Å². The van der Waals surface area contributed by atoms with E-state index >= 15 is 0 Å². The van der Waals surface area contributed by atoms with E-state index in [1.54, 1.807) is 30.3 Å². The van der Waals surface area contributed by atoms with E-state index in [1.807, 2.05) is 26.0 Å². The molecule has 0 fully saturated rings. The van der Waals surface area contributed by atoms with Crippen molar-refractivity contribution in [2.24, 2.45) is 0 Å². The Bertz CT molecular complexity index is 994. The minimum Gasteiger partial charge on any atom is -0.320 e. The van der Waals surface area contributed by atoms with Crippen molar-refractivity contribution in [1.29, 1.82) is 0 Å². The summed E-state index contributed by atoms with van der Waals surface area (Å²) in [6, 6.07) is 13.8. The summed E-state index contributed by atoms with van der Waals surface area (Å²) in [6.07, 6.45) is 1.51. The summed E-state index contributed by atoms with van der Waals surface area (Å²) in [6.45, 7) is 3.95.